The zero-order valence-corrected chi connectivity index (χ0v) is 9.94. The third kappa shape index (κ3) is 3.18. The van der Waals surface area contributed by atoms with Crippen molar-refractivity contribution in [1.82, 2.24) is 10.0 Å². The fraction of sp³-hybridized carbons (Fsp3) is 0.909. The number of carbonyl (C=O) groups is 1. The fourth-order valence-corrected chi connectivity index (χ4v) is 1.89. The maximum absolute atomic E-state index is 11.8. The van der Waals surface area contributed by atoms with E-state index in [2.05, 4.69) is 13.8 Å². The zero-order valence-electron chi connectivity index (χ0n) is 9.94. The van der Waals surface area contributed by atoms with Crippen LogP contribution in [0.5, 0.6) is 0 Å². The number of aliphatic hydroxyl groups is 1. The molecule has 4 nitrogen and oxygen atoms in total. The van der Waals surface area contributed by atoms with Crippen molar-refractivity contribution < 1.29 is 9.90 Å². The number of hydrogen-bond acceptors (Lipinski definition) is 3. The van der Waals surface area contributed by atoms with Gasteiger partial charge in [0.1, 0.15) is 0 Å². The molecule has 0 aromatic heterocycles. The molecule has 1 unspecified atom stereocenters. The lowest BCUT2D eigenvalue weighted by Crippen LogP contribution is -2.56. The van der Waals surface area contributed by atoms with Crippen LogP contribution in [-0.2, 0) is 4.79 Å². The van der Waals surface area contributed by atoms with E-state index in [4.69, 9.17) is 5.11 Å². The van der Waals surface area contributed by atoms with Crippen LogP contribution in [0.2, 0.25) is 0 Å². The molecule has 0 bridgehead atoms. The maximum atomic E-state index is 11.8. The zero-order chi connectivity index (χ0) is 11.4. The summed E-state index contributed by atoms with van der Waals surface area (Å²) in [7, 11) is 0. The molecule has 0 aliphatic carbocycles. The molecule has 0 aromatic carbocycles. The van der Waals surface area contributed by atoms with Crippen LogP contribution >= 0.6 is 0 Å². The van der Waals surface area contributed by atoms with Gasteiger partial charge < -0.3 is 5.11 Å². The van der Waals surface area contributed by atoms with Crippen LogP contribution in [0.1, 0.15) is 33.6 Å². The van der Waals surface area contributed by atoms with Gasteiger partial charge in [-0.25, -0.2) is 5.01 Å². The van der Waals surface area contributed by atoms with Crippen LogP contribution in [-0.4, -0.2) is 46.8 Å². The second-order valence-electron chi connectivity index (χ2n) is 4.67. The second kappa shape index (κ2) is 5.47. The molecule has 0 radical (unpaired) electrons. The van der Waals surface area contributed by atoms with Crippen molar-refractivity contribution in [2.75, 3.05) is 19.7 Å². The molecule has 1 aliphatic rings. The van der Waals surface area contributed by atoms with E-state index in [0.29, 0.717) is 12.3 Å². The molecule has 0 saturated carbocycles. The largest absolute Gasteiger partial charge is 0.395 e. The average Bonchev–Trinajstić information content (AvgIpc) is 2.19. The minimum Gasteiger partial charge on any atom is -0.395 e. The van der Waals surface area contributed by atoms with Crippen molar-refractivity contribution in [1.29, 1.82) is 0 Å². The van der Waals surface area contributed by atoms with E-state index in [0.717, 1.165) is 19.5 Å². The summed E-state index contributed by atoms with van der Waals surface area (Å²) >= 11 is 0. The topological polar surface area (TPSA) is 43.8 Å². The van der Waals surface area contributed by atoms with Gasteiger partial charge in [-0.1, -0.05) is 13.8 Å². The van der Waals surface area contributed by atoms with Crippen molar-refractivity contribution in [3.63, 3.8) is 0 Å². The van der Waals surface area contributed by atoms with Crippen molar-refractivity contribution in [3.8, 4) is 0 Å². The summed E-state index contributed by atoms with van der Waals surface area (Å²) in [6.07, 6.45) is 1.54. The first-order valence-corrected chi connectivity index (χ1v) is 5.74. The van der Waals surface area contributed by atoms with Crippen LogP contribution in [0.4, 0.5) is 0 Å². The average molecular weight is 214 g/mol. The van der Waals surface area contributed by atoms with Gasteiger partial charge in [0, 0.05) is 25.6 Å². The van der Waals surface area contributed by atoms with E-state index in [1.165, 1.54) is 0 Å². The van der Waals surface area contributed by atoms with E-state index >= 15 is 0 Å². The Labute approximate surface area is 91.8 Å². The number of rotatable bonds is 4. The van der Waals surface area contributed by atoms with Crippen molar-refractivity contribution >= 4 is 5.91 Å². The molecule has 1 rings (SSSR count). The van der Waals surface area contributed by atoms with Crippen LogP contribution in [0, 0.1) is 5.92 Å². The fourth-order valence-electron chi connectivity index (χ4n) is 1.89. The van der Waals surface area contributed by atoms with Crippen LogP contribution in [0.3, 0.4) is 0 Å². The molecule has 88 valence electrons. The van der Waals surface area contributed by atoms with E-state index < -0.39 is 0 Å². The highest BCUT2D eigenvalue weighted by Crippen LogP contribution is 2.16. The molecule has 0 spiro atoms. The number of carbonyl (C=O) groups excluding carboxylic acids is 1. The Balaban J connectivity index is 2.68. The van der Waals surface area contributed by atoms with Gasteiger partial charge >= 0.3 is 0 Å². The quantitative estimate of drug-likeness (QED) is 0.755. The number of aliphatic hydroxyl groups excluding tert-OH is 1. The van der Waals surface area contributed by atoms with E-state index in [9.17, 15) is 4.79 Å². The Morgan fingerprint density at radius 2 is 2.07 bits per heavy atom. The first-order chi connectivity index (χ1) is 7.06. The minimum atomic E-state index is 0.0352. The van der Waals surface area contributed by atoms with Gasteiger partial charge in [-0.2, -0.15) is 0 Å². The van der Waals surface area contributed by atoms with Gasteiger partial charge in [0.2, 0.25) is 5.91 Å². The normalized spacial score (nSPS) is 21.1. The number of hydrazine groups is 1. The van der Waals surface area contributed by atoms with Gasteiger partial charge in [-0.05, 0) is 19.3 Å². The Morgan fingerprint density at radius 3 is 2.60 bits per heavy atom. The van der Waals surface area contributed by atoms with Crippen LogP contribution in [0.25, 0.3) is 0 Å². The Bertz CT molecular complexity index is 219. The van der Waals surface area contributed by atoms with Crippen molar-refractivity contribution in [2.45, 2.75) is 39.7 Å². The molecule has 4 heteroatoms. The molecule has 1 saturated heterocycles. The molecule has 1 fully saturated rings. The number of amides is 1. The molecule has 1 heterocycles. The molecule has 0 aromatic rings. The van der Waals surface area contributed by atoms with Gasteiger partial charge in [0.15, 0.2) is 0 Å². The first-order valence-electron chi connectivity index (χ1n) is 5.74. The molecule has 1 aliphatic heterocycles. The van der Waals surface area contributed by atoms with Gasteiger partial charge in [-0.3, -0.25) is 9.80 Å². The highest BCUT2D eigenvalue weighted by Gasteiger charge is 2.29. The number of hydrogen-bond donors (Lipinski definition) is 1. The summed E-state index contributed by atoms with van der Waals surface area (Å²) in [6.45, 7) is 7.88. The highest BCUT2D eigenvalue weighted by atomic mass is 16.3. The van der Waals surface area contributed by atoms with Gasteiger partial charge in [0.05, 0.1) is 6.61 Å². The number of nitrogens with zero attached hydrogens (tertiary/aromatic N) is 2. The monoisotopic (exact) mass is 214 g/mol. The Morgan fingerprint density at radius 1 is 1.40 bits per heavy atom. The lowest BCUT2D eigenvalue weighted by atomic mass is 10.1. The first kappa shape index (κ1) is 12.5. The Hall–Kier alpha value is -0.610. The maximum Gasteiger partial charge on any atom is 0.236 e. The van der Waals surface area contributed by atoms with E-state index in [1.807, 2.05) is 16.9 Å². The summed E-state index contributed by atoms with van der Waals surface area (Å²) < 4.78 is 0. The molecule has 1 atom stereocenters. The molecule has 1 N–H and O–H groups in total. The predicted molar refractivity (Wildman–Crippen MR) is 59.0 cm³/mol. The third-order valence-electron chi connectivity index (χ3n) is 2.69. The molecule has 1 amide bonds. The standard InChI is InChI=1S/C11H22N2O2/c1-9(2)7-13-11(15)5-4-6-12(13)10(3)8-14/h9-10,14H,4-8H2,1-3H3. The molecule has 15 heavy (non-hydrogen) atoms. The lowest BCUT2D eigenvalue weighted by molar-refractivity contribution is -0.163. The van der Waals surface area contributed by atoms with E-state index in [-0.39, 0.29) is 18.6 Å². The van der Waals surface area contributed by atoms with Crippen molar-refractivity contribution in [2.24, 2.45) is 5.92 Å². The molecular weight excluding hydrogens is 192 g/mol. The summed E-state index contributed by atoms with van der Waals surface area (Å²) in [5.74, 6) is 0.649. The SMILES string of the molecule is CC(C)CN1C(=O)CCCN1C(C)CO. The smallest absolute Gasteiger partial charge is 0.236 e. The Kier molecular flexibility index (Phi) is 4.54. The predicted octanol–water partition coefficient (Wildman–Crippen LogP) is 0.863. The third-order valence-corrected chi connectivity index (χ3v) is 2.69. The van der Waals surface area contributed by atoms with Gasteiger partial charge in [-0.15, -0.1) is 0 Å². The van der Waals surface area contributed by atoms with E-state index in [1.54, 1.807) is 0 Å². The molecular formula is C11H22N2O2. The summed E-state index contributed by atoms with van der Waals surface area (Å²) in [6, 6.07) is 0.0352. The minimum absolute atomic E-state index is 0.0352. The second-order valence-corrected chi connectivity index (χ2v) is 4.67. The summed E-state index contributed by atoms with van der Waals surface area (Å²) in [5.41, 5.74) is 0. The highest BCUT2D eigenvalue weighted by molar-refractivity contribution is 5.76. The summed E-state index contributed by atoms with van der Waals surface area (Å²) in [5, 5.41) is 13.0. The van der Waals surface area contributed by atoms with Gasteiger partial charge in [0.25, 0.3) is 0 Å². The van der Waals surface area contributed by atoms with Crippen molar-refractivity contribution in [3.05, 3.63) is 0 Å². The van der Waals surface area contributed by atoms with Crippen LogP contribution in [0.15, 0.2) is 0 Å². The summed E-state index contributed by atoms with van der Waals surface area (Å²) in [4.78, 5) is 11.8. The lowest BCUT2D eigenvalue weighted by Gasteiger charge is -2.42. The van der Waals surface area contributed by atoms with Crippen LogP contribution < -0.4 is 0 Å².